The van der Waals surface area contributed by atoms with E-state index in [0.29, 0.717) is 0 Å². The normalized spacial score (nSPS) is 12.1. The maximum atomic E-state index is 14.5. The van der Waals surface area contributed by atoms with Gasteiger partial charge < -0.3 is 10.2 Å². The maximum Gasteiger partial charge on any atom is 0.264 e. The monoisotopic (exact) mass is 665 g/mol. The molecule has 4 rings (SSSR count). The summed E-state index contributed by atoms with van der Waals surface area (Å²) in [6.07, 6.45) is 0.227. The largest absolute Gasteiger partial charge is 0.352 e. The van der Waals surface area contributed by atoms with Gasteiger partial charge in [0.15, 0.2) is 0 Å². The van der Waals surface area contributed by atoms with E-state index in [9.17, 15) is 18.0 Å². The van der Waals surface area contributed by atoms with Gasteiger partial charge in [0.2, 0.25) is 11.8 Å². The average Bonchev–Trinajstić information content (AvgIpc) is 2.98. The number of amides is 2. The molecule has 2 amide bonds. The summed E-state index contributed by atoms with van der Waals surface area (Å²) in [5, 5.41) is 3.38. The molecule has 7 nitrogen and oxygen atoms in total. The van der Waals surface area contributed by atoms with Crippen LogP contribution in [0.4, 0.5) is 5.69 Å². The molecule has 0 aliphatic rings. The van der Waals surface area contributed by atoms with Gasteiger partial charge in [-0.1, -0.05) is 95.5 Å². The molecule has 0 saturated heterocycles. The molecule has 0 heterocycles. The second kappa shape index (κ2) is 15.0. The topological polar surface area (TPSA) is 86.8 Å². The SMILES string of the molecule is Cc1ccc(S(=O)(=O)N(CC(=O)N(Cc2ccccc2C)[C@H](Cc2ccccc2)C(=O)NC(C)C)c2cc(Cl)cc(Cl)c2)cc1. The van der Waals surface area contributed by atoms with E-state index in [1.165, 1.54) is 35.2 Å². The molecule has 4 aromatic carbocycles. The number of rotatable bonds is 12. The van der Waals surface area contributed by atoms with Crippen LogP contribution in [0.5, 0.6) is 0 Å². The molecule has 0 unspecified atom stereocenters. The Morgan fingerprint density at radius 2 is 1.42 bits per heavy atom. The molecule has 4 aromatic rings. The van der Waals surface area contributed by atoms with Crippen LogP contribution >= 0.6 is 23.2 Å². The molecule has 0 spiro atoms. The van der Waals surface area contributed by atoms with E-state index in [-0.39, 0.29) is 45.5 Å². The summed E-state index contributed by atoms with van der Waals surface area (Å²) in [6, 6.07) is 26.7. The number of nitrogens with zero attached hydrogens (tertiary/aromatic N) is 2. The highest BCUT2D eigenvalue weighted by Crippen LogP contribution is 2.30. The second-order valence-corrected chi connectivity index (χ2v) is 14.0. The van der Waals surface area contributed by atoms with Crippen molar-refractivity contribution in [2.24, 2.45) is 0 Å². The summed E-state index contributed by atoms with van der Waals surface area (Å²) in [7, 11) is -4.27. The van der Waals surface area contributed by atoms with Gasteiger partial charge in [0, 0.05) is 29.1 Å². The lowest BCUT2D eigenvalue weighted by atomic mass is 10.0. The highest BCUT2D eigenvalue weighted by atomic mass is 35.5. The van der Waals surface area contributed by atoms with Crippen molar-refractivity contribution in [1.29, 1.82) is 0 Å². The molecule has 10 heteroatoms. The lowest BCUT2D eigenvalue weighted by Gasteiger charge is -2.34. The molecule has 0 radical (unpaired) electrons. The van der Waals surface area contributed by atoms with E-state index < -0.39 is 28.5 Å². The molecule has 0 aliphatic carbocycles. The number of anilines is 1. The number of carbonyl (C=O) groups excluding carboxylic acids is 2. The zero-order valence-corrected chi connectivity index (χ0v) is 28.0. The minimum Gasteiger partial charge on any atom is -0.352 e. The second-order valence-electron chi connectivity index (χ2n) is 11.3. The molecule has 1 atom stereocenters. The Hall–Kier alpha value is -3.85. The number of nitrogens with one attached hydrogen (secondary N) is 1. The highest BCUT2D eigenvalue weighted by Gasteiger charge is 2.35. The number of carbonyl (C=O) groups is 2. The Kier molecular flexibility index (Phi) is 11.3. The molecule has 0 fully saturated rings. The van der Waals surface area contributed by atoms with Gasteiger partial charge in [-0.25, -0.2) is 8.42 Å². The molecule has 0 aromatic heterocycles. The van der Waals surface area contributed by atoms with Gasteiger partial charge in [0.05, 0.1) is 10.6 Å². The molecule has 0 saturated carbocycles. The first-order valence-electron chi connectivity index (χ1n) is 14.6. The minimum absolute atomic E-state index is 0.000776. The van der Waals surface area contributed by atoms with Crippen LogP contribution in [0.2, 0.25) is 10.0 Å². The van der Waals surface area contributed by atoms with Gasteiger partial charge in [-0.2, -0.15) is 0 Å². The Morgan fingerprint density at radius 1 is 0.822 bits per heavy atom. The summed E-state index contributed by atoms with van der Waals surface area (Å²) in [6.45, 7) is 6.98. The standard InChI is InChI=1S/C35H37Cl2N3O4S/c1-24(2)38-35(42)33(18-27-11-6-5-7-12-27)39(22-28-13-9-8-10-26(28)4)34(41)23-40(31-20-29(36)19-30(37)21-31)45(43,44)32-16-14-25(3)15-17-32/h5-17,19-21,24,33H,18,22-23H2,1-4H3,(H,38,42)/t33-/m1/s1. The first-order chi connectivity index (χ1) is 21.3. The fourth-order valence-electron chi connectivity index (χ4n) is 4.96. The number of halogens is 2. The number of sulfonamides is 1. The van der Waals surface area contributed by atoms with Gasteiger partial charge >= 0.3 is 0 Å². The van der Waals surface area contributed by atoms with Crippen molar-refractivity contribution in [2.75, 3.05) is 10.8 Å². The number of hydrogen-bond donors (Lipinski definition) is 1. The molecule has 45 heavy (non-hydrogen) atoms. The van der Waals surface area contributed by atoms with Gasteiger partial charge in [-0.05, 0) is 74.7 Å². The summed E-state index contributed by atoms with van der Waals surface area (Å²) in [5.41, 5.74) is 3.63. The van der Waals surface area contributed by atoms with Gasteiger partial charge in [0.25, 0.3) is 10.0 Å². The van der Waals surface area contributed by atoms with Crippen LogP contribution in [0, 0.1) is 13.8 Å². The Morgan fingerprint density at radius 3 is 2.02 bits per heavy atom. The minimum atomic E-state index is -4.27. The van der Waals surface area contributed by atoms with Crippen LogP contribution < -0.4 is 9.62 Å². The van der Waals surface area contributed by atoms with E-state index in [0.717, 1.165) is 26.6 Å². The highest BCUT2D eigenvalue weighted by molar-refractivity contribution is 7.92. The zero-order chi connectivity index (χ0) is 32.7. The van der Waals surface area contributed by atoms with Gasteiger partial charge in [-0.15, -0.1) is 0 Å². The van der Waals surface area contributed by atoms with E-state index in [4.69, 9.17) is 23.2 Å². The predicted octanol–water partition coefficient (Wildman–Crippen LogP) is 6.97. The Balaban J connectivity index is 1.84. The van der Waals surface area contributed by atoms with Crippen LogP contribution in [0.1, 0.15) is 36.1 Å². The molecule has 1 N–H and O–H groups in total. The molecule has 236 valence electrons. The van der Waals surface area contributed by atoms with Crippen LogP contribution in [0.25, 0.3) is 0 Å². The average molecular weight is 667 g/mol. The van der Waals surface area contributed by atoms with Crippen molar-refractivity contribution in [3.05, 3.63) is 129 Å². The summed E-state index contributed by atoms with van der Waals surface area (Å²) < 4.78 is 29.3. The lowest BCUT2D eigenvalue weighted by molar-refractivity contribution is -0.140. The maximum absolute atomic E-state index is 14.5. The molecular formula is C35H37Cl2N3O4S. The van der Waals surface area contributed by atoms with E-state index in [1.54, 1.807) is 12.1 Å². The third-order valence-corrected chi connectivity index (χ3v) is 9.55. The first kappa shape index (κ1) is 34.0. The van der Waals surface area contributed by atoms with E-state index >= 15 is 0 Å². The van der Waals surface area contributed by atoms with Crippen LogP contribution in [-0.2, 0) is 32.6 Å². The quantitative estimate of drug-likeness (QED) is 0.177. The van der Waals surface area contributed by atoms with Crippen molar-refractivity contribution in [2.45, 2.75) is 57.6 Å². The molecular weight excluding hydrogens is 629 g/mol. The Labute approximate surface area is 275 Å². The van der Waals surface area contributed by atoms with Crippen LogP contribution in [-0.4, -0.2) is 43.8 Å². The van der Waals surface area contributed by atoms with E-state index in [1.807, 2.05) is 82.3 Å². The van der Waals surface area contributed by atoms with Crippen molar-refractivity contribution in [3.63, 3.8) is 0 Å². The summed E-state index contributed by atoms with van der Waals surface area (Å²) in [4.78, 5) is 29.8. The van der Waals surface area contributed by atoms with Crippen LogP contribution in [0.3, 0.4) is 0 Å². The number of aryl methyl sites for hydroxylation is 2. The summed E-state index contributed by atoms with van der Waals surface area (Å²) >= 11 is 12.6. The zero-order valence-electron chi connectivity index (χ0n) is 25.7. The van der Waals surface area contributed by atoms with Crippen molar-refractivity contribution >= 4 is 50.7 Å². The van der Waals surface area contributed by atoms with E-state index in [2.05, 4.69) is 5.32 Å². The van der Waals surface area contributed by atoms with Gasteiger partial charge in [0.1, 0.15) is 12.6 Å². The lowest BCUT2D eigenvalue weighted by Crippen LogP contribution is -2.54. The van der Waals surface area contributed by atoms with Crippen molar-refractivity contribution < 1.29 is 18.0 Å². The first-order valence-corrected chi connectivity index (χ1v) is 16.8. The van der Waals surface area contributed by atoms with Crippen molar-refractivity contribution in [1.82, 2.24) is 10.2 Å². The summed E-state index contributed by atoms with van der Waals surface area (Å²) in [5.74, 6) is -0.903. The third kappa shape index (κ3) is 8.87. The fraction of sp³-hybridized carbons (Fsp3) is 0.257. The van der Waals surface area contributed by atoms with Gasteiger partial charge in [-0.3, -0.25) is 13.9 Å². The molecule has 0 bridgehead atoms. The fourth-order valence-corrected chi connectivity index (χ4v) is 6.87. The number of benzene rings is 4. The molecule has 0 aliphatic heterocycles. The predicted molar refractivity (Wildman–Crippen MR) is 181 cm³/mol. The smallest absolute Gasteiger partial charge is 0.264 e. The van der Waals surface area contributed by atoms with Crippen molar-refractivity contribution in [3.8, 4) is 0 Å². The third-order valence-electron chi connectivity index (χ3n) is 7.33. The van der Waals surface area contributed by atoms with Crippen LogP contribution in [0.15, 0.2) is 102 Å². The Bertz CT molecular complexity index is 1730. The number of hydrogen-bond acceptors (Lipinski definition) is 4.